The highest BCUT2D eigenvalue weighted by molar-refractivity contribution is 5.39. The largest absolute Gasteiger partial charge is 0.467 e. The predicted octanol–water partition coefficient (Wildman–Crippen LogP) is 2.34. The molecule has 2 fully saturated rings. The Balaban J connectivity index is 1.52. The Kier molecular flexibility index (Phi) is 4.10. The SMILES string of the molecule is COc1nc(C)cc(N[C@H]2CCO[C@@H]2c2ccnn2CC2CC2)n1. The van der Waals surface area contributed by atoms with E-state index in [0.717, 1.165) is 42.7 Å². The normalized spacial score (nSPS) is 23.4. The van der Waals surface area contributed by atoms with E-state index in [9.17, 15) is 0 Å². The molecule has 7 heteroatoms. The monoisotopic (exact) mass is 329 g/mol. The maximum atomic E-state index is 6.01. The summed E-state index contributed by atoms with van der Waals surface area (Å²) in [7, 11) is 1.58. The standard InChI is InChI=1S/C17H23N5O2/c1-11-9-15(21-17(19-11)23-2)20-13-6-8-24-16(13)14-5-7-18-22(14)10-12-3-4-12/h5,7,9,12-13,16H,3-4,6,8,10H2,1-2H3,(H,19,20,21)/t13-,16-/m0/s1. The van der Waals surface area contributed by atoms with Gasteiger partial charge in [-0.1, -0.05) is 0 Å². The van der Waals surface area contributed by atoms with Gasteiger partial charge in [0.05, 0.1) is 18.8 Å². The lowest BCUT2D eigenvalue weighted by Crippen LogP contribution is -2.26. The van der Waals surface area contributed by atoms with Crippen molar-refractivity contribution in [2.75, 3.05) is 19.0 Å². The fourth-order valence-electron chi connectivity index (χ4n) is 3.21. The van der Waals surface area contributed by atoms with Crippen molar-refractivity contribution in [3.05, 3.63) is 29.7 Å². The predicted molar refractivity (Wildman–Crippen MR) is 89.0 cm³/mol. The van der Waals surface area contributed by atoms with E-state index in [1.165, 1.54) is 12.8 Å². The van der Waals surface area contributed by atoms with Crippen molar-refractivity contribution in [1.82, 2.24) is 19.7 Å². The summed E-state index contributed by atoms with van der Waals surface area (Å²) in [5, 5.41) is 7.98. The summed E-state index contributed by atoms with van der Waals surface area (Å²) < 4.78 is 13.3. The lowest BCUT2D eigenvalue weighted by Gasteiger charge is -2.21. The average Bonchev–Trinajstić information content (AvgIpc) is 3.07. The zero-order valence-electron chi connectivity index (χ0n) is 14.1. The summed E-state index contributed by atoms with van der Waals surface area (Å²) in [5.41, 5.74) is 2.02. The zero-order chi connectivity index (χ0) is 16.5. The number of ether oxygens (including phenoxy) is 2. The summed E-state index contributed by atoms with van der Waals surface area (Å²) in [6.07, 6.45) is 5.42. The van der Waals surface area contributed by atoms with E-state index in [1.807, 2.05) is 19.2 Å². The number of rotatable bonds is 6. The molecule has 1 aliphatic carbocycles. The molecule has 2 aliphatic rings. The number of methoxy groups -OCH3 is 1. The molecule has 1 aliphatic heterocycles. The lowest BCUT2D eigenvalue weighted by molar-refractivity contribution is 0.0995. The van der Waals surface area contributed by atoms with Gasteiger partial charge in [0.15, 0.2) is 0 Å². The highest BCUT2D eigenvalue weighted by atomic mass is 16.5. The van der Waals surface area contributed by atoms with Crippen LogP contribution in [-0.4, -0.2) is 39.5 Å². The van der Waals surface area contributed by atoms with Gasteiger partial charge < -0.3 is 14.8 Å². The molecule has 0 spiro atoms. The molecule has 0 aromatic carbocycles. The van der Waals surface area contributed by atoms with Crippen LogP contribution in [0.5, 0.6) is 6.01 Å². The Hall–Kier alpha value is -2.15. The Labute approximate surface area is 141 Å². The lowest BCUT2D eigenvalue weighted by atomic mass is 10.1. The number of hydrogen-bond acceptors (Lipinski definition) is 6. The third kappa shape index (κ3) is 3.21. The first-order valence-corrected chi connectivity index (χ1v) is 8.52. The van der Waals surface area contributed by atoms with Gasteiger partial charge in [-0.25, -0.2) is 4.98 Å². The molecule has 1 N–H and O–H groups in total. The van der Waals surface area contributed by atoms with Crippen LogP contribution in [0.1, 0.15) is 36.8 Å². The van der Waals surface area contributed by atoms with Crippen molar-refractivity contribution in [2.45, 2.75) is 44.9 Å². The molecule has 2 aromatic heterocycles. The molecule has 7 nitrogen and oxygen atoms in total. The molecular formula is C17H23N5O2. The Morgan fingerprint density at radius 2 is 2.21 bits per heavy atom. The third-order valence-electron chi connectivity index (χ3n) is 4.61. The fraction of sp³-hybridized carbons (Fsp3) is 0.588. The first-order valence-electron chi connectivity index (χ1n) is 8.52. The summed E-state index contributed by atoms with van der Waals surface area (Å²) in [5.74, 6) is 1.55. The highest BCUT2D eigenvalue weighted by Gasteiger charge is 2.33. The molecule has 2 atom stereocenters. The number of nitrogens with zero attached hydrogens (tertiary/aromatic N) is 4. The summed E-state index contributed by atoms with van der Waals surface area (Å²) in [6, 6.07) is 4.54. The minimum absolute atomic E-state index is 0.00693. The summed E-state index contributed by atoms with van der Waals surface area (Å²) in [6.45, 7) is 3.66. The van der Waals surface area contributed by atoms with Crippen molar-refractivity contribution in [3.63, 3.8) is 0 Å². The van der Waals surface area contributed by atoms with E-state index in [0.29, 0.717) is 6.01 Å². The van der Waals surface area contributed by atoms with E-state index in [-0.39, 0.29) is 12.1 Å². The maximum Gasteiger partial charge on any atom is 0.318 e. The van der Waals surface area contributed by atoms with E-state index in [4.69, 9.17) is 9.47 Å². The van der Waals surface area contributed by atoms with Crippen LogP contribution in [0.4, 0.5) is 5.82 Å². The van der Waals surface area contributed by atoms with E-state index in [2.05, 4.69) is 31.1 Å². The smallest absolute Gasteiger partial charge is 0.318 e. The van der Waals surface area contributed by atoms with E-state index in [1.54, 1.807) is 7.11 Å². The second-order valence-corrected chi connectivity index (χ2v) is 6.59. The topological polar surface area (TPSA) is 74.1 Å². The van der Waals surface area contributed by atoms with Crippen LogP contribution in [0.3, 0.4) is 0 Å². The number of aryl methyl sites for hydroxylation is 1. The number of anilines is 1. The van der Waals surface area contributed by atoms with Gasteiger partial charge in [0.25, 0.3) is 0 Å². The van der Waals surface area contributed by atoms with Gasteiger partial charge in [0.1, 0.15) is 11.9 Å². The number of nitrogens with one attached hydrogen (secondary N) is 1. The molecule has 4 rings (SSSR count). The minimum Gasteiger partial charge on any atom is -0.467 e. The second-order valence-electron chi connectivity index (χ2n) is 6.59. The van der Waals surface area contributed by atoms with E-state index < -0.39 is 0 Å². The molecule has 24 heavy (non-hydrogen) atoms. The van der Waals surface area contributed by atoms with Crippen LogP contribution in [0.25, 0.3) is 0 Å². The molecule has 2 aromatic rings. The molecule has 128 valence electrons. The highest BCUT2D eigenvalue weighted by Crippen LogP contribution is 2.35. The first kappa shape index (κ1) is 15.4. The molecule has 0 bridgehead atoms. The van der Waals surface area contributed by atoms with Gasteiger partial charge >= 0.3 is 6.01 Å². The van der Waals surface area contributed by atoms with Gasteiger partial charge in [-0.2, -0.15) is 10.1 Å². The van der Waals surface area contributed by atoms with Crippen LogP contribution in [-0.2, 0) is 11.3 Å². The fourth-order valence-corrected chi connectivity index (χ4v) is 3.21. The second kappa shape index (κ2) is 6.39. The average molecular weight is 329 g/mol. The van der Waals surface area contributed by atoms with Gasteiger partial charge in [0.2, 0.25) is 0 Å². The van der Waals surface area contributed by atoms with Crippen LogP contribution in [0.15, 0.2) is 18.3 Å². The van der Waals surface area contributed by atoms with Crippen molar-refractivity contribution in [2.24, 2.45) is 5.92 Å². The van der Waals surface area contributed by atoms with Crippen LogP contribution >= 0.6 is 0 Å². The molecule has 0 amide bonds. The van der Waals surface area contributed by atoms with Crippen molar-refractivity contribution >= 4 is 5.82 Å². The van der Waals surface area contributed by atoms with Crippen LogP contribution < -0.4 is 10.1 Å². The molecule has 0 radical (unpaired) electrons. The molecule has 0 unspecified atom stereocenters. The zero-order valence-corrected chi connectivity index (χ0v) is 14.1. The quantitative estimate of drug-likeness (QED) is 0.877. The first-order chi connectivity index (χ1) is 11.7. The Morgan fingerprint density at radius 1 is 1.33 bits per heavy atom. The maximum absolute atomic E-state index is 6.01. The van der Waals surface area contributed by atoms with Crippen molar-refractivity contribution in [3.8, 4) is 6.01 Å². The Bertz CT molecular complexity index is 713. The minimum atomic E-state index is -0.00693. The summed E-state index contributed by atoms with van der Waals surface area (Å²) in [4.78, 5) is 8.62. The molecule has 3 heterocycles. The molecular weight excluding hydrogens is 306 g/mol. The molecule has 1 saturated heterocycles. The van der Waals surface area contributed by atoms with Crippen molar-refractivity contribution in [1.29, 1.82) is 0 Å². The van der Waals surface area contributed by atoms with Gasteiger partial charge in [0, 0.05) is 31.1 Å². The van der Waals surface area contributed by atoms with Gasteiger partial charge in [-0.15, -0.1) is 0 Å². The Morgan fingerprint density at radius 3 is 3.00 bits per heavy atom. The number of aromatic nitrogens is 4. The van der Waals surface area contributed by atoms with Crippen LogP contribution in [0, 0.1) is 12.8 Å². The van der Waals surface area contributed by atoms with Gasteiger partial charge in [-0.3, -0.25) is 4.68 Å². The van der Waals surface area contributed by atoms with Crippen LogP contribution in [0.2, 0.25) is 0 Å². The van der Waals surface area contributed by atoms with E-state index >= 15 is 0 Å². The third-order valence-corrected chi connectivity index (χ3v) is 4.61. The summed E-state index contributed by atoms with van der Waals surface area (Å²) >= 11 is 0. The van der Waals surface area contributed by atoms with Gasteiger partial charge in [-0.05, 0) is 38.2 Å². The van der Waals surface area contributed by atoms with Crippen molar-refractivity contribution < 1.29 is 9.47 Å². The number of hydrogen-bond donors (Lipinski definition) is 1. The molecule has 1 saturated carbocycles.